The Morgan fingerprint density at radius 2 is 2.23 bits per heavy atom. The van der Waals surface area contributed by atoms with Crippen molar-refractivity contribution in [3.8, 4) is 0 Å². The summed E-state index contributed by atoms with van der Waals surface area (Å²) >= 11 is 0. The van der Waals surface area contributed by atoms with Gasteiger partial charge in [-0.3, -0.25) is 0 Å². The van der Waals surface area contributed by atoms with Gasteiger partial charge in [0.2, 0.25) is 0 Å². The molecule has 0 amide bonds. The Labute approximate surface area is 76.4 Å². The van der Waals surface area contributed by atoms with E-state index in [0.29, 0.717) is 5.06 Å². The van der Waals surface area contributed by atoms with Gasteiger partial charge in [0.25, 0.3) is 0 Å². The molecule has 0 radical (unpaired) electrons. The summed E-state index contributed by atoms with van der Waals surface area (Å²) in [6.45, 7) is -0.388. The van der Waals surface area contributed by atoms with E-state index in [9.17, 15) is 18.0 Å². The average molecular weight is 202 g/mol. The highest BCUT2D eigenvalue weighted by atomic mass is 19.4. The van der Waals surface area contributed by atoms with Crippen molar-refractivity contribution >= 4 is 5.97 Å². The molecule has 0 bridgehead atoms. The van der Waals surface area contributed by atoms with Gasteiger partial charge in [0.15, 0.2) is 0 Å². The van der Waals surface area contributed by atoms with Gasteiger partial charge in [-0.2, -0.15) is 13.2 Å². The van der Waals surface area contributed by atoms with Gasteiger partial charge in [-0.05, 0) is 0 Å². The van der Waals surface area contributed by atoms with Gasteiger partial charge >= 0.3 is 12.1 Å². The van der Waals surface area contributed by atoms with Crippen molar-refractivity contribution in [2.75, 3.05) is 20.1 Å². The number of hydrogen-bond acceptors (Lipinski definition) is 4. The van der Waals surface area contributed by atoms with Crippen molar-refractivity contribution in [1.29, 1.82) is 0 Å². The second kappa shape index (κ2) is 3.51. The highest BCUT2D eigenvalue weighted by Crippen LogP contribution is 2.19. The van der Waals surface area contributed by atoms with Crippen LogP contribution in [0.1, 0.15) is 4.11 Å². The molecule has 0 saturated carbocycles. The third kappa shape index (κ3) is 2.56. The molecular formula is C6H8F3NO3. The molecule has 76 valence electrons. The molecule has 0 N–H and O–H groups in total. The fourth-order valence-corrected chi connectivity index (χ4v) is 0.719. The minimum atomic E-state index is -5.06. The van der Waals surface area contributed by atoms with Crippen LogP contribution in [0.15, 0.2) is 0 Å². The van der Waals surface area contributed by atoms with Crippen LogP contribution in [0.3, 0.4) is 0 Å². The fourth-order valence-electron chi connectivity index (χ4n) is 0.719. The van der Waals surface area contributed by atoms with Gasteiger partial charge in [0.05, 0.1) is 23.3 Å². The summed E-state index contributed by atoms with van der Waals surface area (Å²) in [6, 6.07) is 0. The lowest BCUT2D eigenvalue weighted by Gasteiger charge is -2.35. The maximum Gasteiger partial charge on any atom is 0.492 e. The molecule has 0 aromatic carbocycles. The molecule has 13 heavy (non-hydrogen) atoms. The second-order valence-electron chi connectivity index (χ2n) is 2.46. The monoisotopic (exact) mass is 202 g/mol. The summed E-state index contributed by atoms with van der Waals surface area (Å²) in [4.78, 5) is 14.2. The van der Waals surface area contributed by atoms with E-state index < -0.39 is 25.3 Å². The highest BCUT2D eigenvalue weighted by Gasteiger charge is 2.44. The number of alkyl halides is 3. The first-order valence-electron chi connectivity index (χ1n) is 4.80. The molecule has 4 nitrogen and oxygen atoms in total. The number of methoxy groups -OCH3 is 1. The molecule has 1 fully saturated rings. The lowest BCUT2D eigenvalue weighted by molar-refractivity contribution is -0.266. The minimum absolute atomic E-state index is 0.194. The fraction of sp³-hybridized carbons (Fsp3) is 0.833. The van der Waals surface area contributed by atoms with Gasteiger partial charge in [0, 0.05) is 7.04 Å². The van der Waals surface area contributed by atoms with Gasteiger partial charge in [-0.1, -0.05) is 0 Å². The molecule has 0 aliphatic carbocycles. The summed E-state index contributed by atoms with van der Waals surface area (Å²) in [6.07, 6.45) is -5.82. The zero-order valence-electron chi connectivity index (χ0n) is 9.30. The first-order chi connectivity index (χ1) is 7.08. The molecule has 0 aromatic heterocycles. The summed E-state index contributed by atoms with van der Waals surface area (Å²) in [7, 11) is -2.61. The quantitative estimate of drug-likeness (QED) is 0.647. The number of hydrogen-bond donors (Lipinski definition) is 0. The van der Waals surface area contributed by atoms with Crippen LogP contribution in [0.4, 0.5) is 13.2 Å². The molecular weight excluding hydrogens is 191 g/mol. The summed E-state index contributed by atoms with van der Waals surface area (Å²) in [5, 5.41) is 0.687. The molecule has 1 aliphatic heterocycles. The SMILES string of the molecule is [2H]C([2H])([2H])OC1CN(OC(=O)C(F)(F)F)C1. The van der Waals surface area contributed by atoms with Crippen LogP contribution in [-0.4, -0.2) is 43.4 Å². The van der Waals surface area contributed by atoms with Crippen LogP contribution >= 0.6 is 0 Å². The number of carbonyl (C=O) groups excluding carboxylic acids is 1. The number of ether oxygens (including phenoxy) is 1. The van der Waals surface area contributed by atoms with E-state index >= 15 is 0 Å². The predicted octanol–water partition coefficient (Wildman–Crippen LogP) is 0.338. The maximum absolute atomic E-state index is 11.7. The molecule has 1 rings (SSSR count). The zero-order valence-corrected chi connectivity index (χ0v) is 6.30. The Morgan fingerprint density at radius 3 is 2.69 bits per heavy atom. The normalized spacial score (nSPS) is 24.1. The summed E-state index contributed by atoms with van der Waals surface area (Å²) < 4.78 is 59.7. The summed E-state index contributed by atoms with van der Waals surface area (Å²) in [5.74, 6) is -2.33. The van der Waals surface area contributed by atoms with Crippen LogP contribution in [0, 0.1) is 0 Å². The van der Waals surface area contributed by atoms with Crippen molar-refractivity contribution in [3.05, 3.63) is 0 Å². The van der Waals surface area contributed by atoms with Gasteiger partial charge in [0.1, 0.15) is 0 Å². The Hall–Kier alpha value is -0.820. The highest BCUT2D eigenvalue weighted by molar-refractivity contribution is 5.75. The van der Waals surface area contributed by atoms with Crippen LogP contribution in [0.25, 0.3) is 0 Å². The Balaban J connectivity index is 2.25. The van der Waals surface area contributed by atoms with Crippen LogP contribution in [-0.2, 0) is 14.4 Å². The first-order valence-corrected chi connectivity index (χ1v) is 3.30. The third-order valence-electron chi connectivity index (χ3n) is 1.42. The van der Waals surface area contributed by atoms with E-state index in [0.717, 1.165) is 0 Å². The number of carbonyl (C=O) groups is 1. The van der Waals surface area contributed by atoms with Crippen molar-refractivity contribution in [1.82, 2.24) is 5.06 Å². The van der Waals surface area contributed by atoms with Crippen LogP contribution < -0.4 is 0 Å². The molecule has 1 saturated heterocycles. The molecule has 1 aliphatic rings. The minimum Gasteiger partial charge on any atom is -0.379 e. The molecule has 0 spiro atoms. The van der Waals surface area contributed by atoms with Gasteiger partial charge in [-0.25, -0.2) is 4.79 Å². The van der Waals surface area contributed by atoms with E-state index in [-0.39, 0.29) is 13.1 Å². The van der Waals surface area contributed by atoms with E-state index in [1.54, 1.807) is 0 Å². The third-order valence-corrected chi connectivity index (χ3v) is 1.42. The largest absolute Gasteiger partial charge is 0.492 e. The molecule has 0 aromatic rings. The van der Waals surface area contributed by atoms with Crippen molar-refractivity contribution < 1.29 is 31.7 Å². The topological polar surface area (TPSA) is 38.8 Å². The summed E-state index contributed by atoms with van der Waals surface area (Å²) in [5.41, 5.74) is 0. The van der Waals surface area contributed by atoms with Crippen molar-refractivity contribution in [2.45, 2.75) is 12.3 Å². The van der Waals surface area contributed by atoms with E-state index in [1.807, 2.05) is 0 Å². The number of halogens is 3. The van der Waals surface area contributed by atoms with Crippen LogP contribution in [0.5, 0.6) is 0 Å². The molecule has 7 heteroatoms. The predicted molar refractivity (Wildman–Crippen MR) is 34.5 cm³/mol. The maximum atomic E-state index is 11.7. The number of rotatable bonds is 2. The first kappa shape index (κ1) is 6.61. The Morgan fingerprint density at radius 1 is 1.62 bits per heavy atom. The Bertz CT molecular complexity index is 274. The van der Waals surface area contributed by atoms with Gasteiger partial charge in [-0.15, -0.1) is 5.06 Å². The number of hydroxylamine groups is 2. The molecule has 0 unspecified atom stereocenters. The van der Waals surface area contributed by atoms with Crippen molar-refractivity contribution in [3.63, 3.8) is 0 Å². The zero-order chi connectivity index (χ0) is 12.6. The van der Waals surface area contributed by atoms with Gasteiger partial charge < -0.3 is 9.57 Å². The average Bonchev–Trinajstić information content (AvgIpc) is 1.95. The van der Waals surface area contributed by atoms with Crippen LogP contribution in [0.2, 0.25) is 0 Å². The smallest absolute Gasteiger partial charge is 0.379 e. The lowest BCUT2D eigenvalue weighted by Crippen LogP contribution is -2.53. The lowest BCUT2D eigenvalue weighted by atomic mass is 10.2. The molecule has 0 atom stereocenters. The van der Waals surface area contributed by atoms with E-state index in [4.69, 9.17) is 4.11 Å². The number of nitrogens with zero attached hydrogens (tertiary/aromatic N) is 1. The second-order valence-corrected chi connectivity index (χ2v) is 2.46. The van der Waals surface area contributed by atoms with E-state index in [1.165, 1.54) is 0 Å². The molecule has 1 heterocycles. The van der Waals surface area contributed by atoms with Crippen molar-refractivity contribution in [2.24, 2.45) is 0 Å². The Kier molecular flexibility index (Phi) is 1.78. The van der Waals surface area contributed by atoms with E-state index in [2.05, 4.69) is 9.57 Å². The standard InChI is InChI=1S/C6H8F3NO3/c1-12-4-2-10(3-4)13-5(11)6(7,8)9/h4H,2-3H2,1H3/i1D3.